The largest absolute Gasteiger partial charge is 0.416 e. The minimum absolute atomic E-state index is 0.527. The molecule has 23 heavy (non-hydrogen) atoms. The lowest BCUT2D eigenvalue weighted by atomic mass is 10.1. The highest BCUT2D eigenvalue weighted by Gasteiger charge is 2.11. The van der Waals surface area contributed by atoms with Gasteiger partial charge in [0.2, 0.25) is 5.89 Å². The number of hydrogen-bond acceptors (Lipinski definition) is 5. The summed E-state index contributed by atoms with van der Waals surface area (Å²) >= 11 is 13.9. The first-order valence-electron chi connectivity index (χ1n) is 6.82. The summed E-state index contributed by atoms with van der Waals surface area (Å²) in [5.41, 5.74) is 2.59. The number of rotatable bonds is 5. The van der Waals surface area contributed by atoms with Gasteiger partial charge in [0.05, 0.1) is 22.2 Å². The second-order valence-corrected chi connectivity index (χ2v) is 6.29. The van der Waals surface area contributed by atoms with Gasteiger partial charge in [0.25, 0.3) is 5.22 Å². The smallest absolute Gasteiger partial charge is 0.276 e. The zero-order chi connectivity index (χ0) is 16.2. The molecule has 3 rings (SSSR count). The highest BCUT2D eigenvalue weighted by molar-refractivity contribution is 7.98. The van der Waals surface area contributed by atoms with Crippen molar-refractivity contribution >= 4 is 46.3 Å². The van der Waals surface area contributed by atoms with E-state index >= 15 is 0 Å². The summed E-state index contributed by atoms with van der Waals surface area (Å²) < 4.78 is 5.55. The molecule has 118 valence electrons. The maximum atomic E-state index is 6.22. The molecular formula is C16H13Cl2N3OS. The van der Waals surface area contributed by atoms with Crippen molar-refractivity contribution in [2.24, 2.45) is 0 Å². The number of thioether (sulfide) groups is 1. The van der Waals surface area contributed by atoms with Crippen molar-refractivity contribution in [1.29, 1.82) is 0 Å². The Morgan fingerprint density at radius 2 is 1.78 bits per heavy atom. The molecule has 3 aromatic rings. The van der Waals surface area contributed by atoms with Crippen LogP contribution in [0.2, 0.25) is 10.0 Å². The molecule has 0 unspecified atom stereocenters. The lowest BCUT2D eigenvalue weighted by Crippen LogP contribution is -1.98. The van der Waals surface area contributed by atoms with E-state index in [0.717, 1.165) is 11.3 Å². The highest BCUT2D eigenvalue weighted by Crippen LogP contribution is 2.34. The molecule has 1 N–H and O–H groups in total. The summed E-state index contributed by atoms with van der Waals surface area (Å²) in [7, 11) is 0. The van der Waals surface area contributed by atoms with Crippen LogP contribution in [-0.4, -0.2) is 16.5 Å². The first-order chi connectivity index (χ1) is 11.2. The molecule has 1 heterocycles. The Balaban J connectivity index is 1.88. The molecule has 0 spiro atoms. The SMILES string of the molecule is CSc1nnc(Cc2ccccc2Nc2c(Cl)cccc2Cl)o1. The van der Waals surface area contributed by atoms with Gasteiger partial charge in [0, 0.05) is 5.69 Å². The van der Waals surface area contributed by atoms with Crippen LogP contribution in [0.1, 0.15) is 11.5 Å². The summed E-state index contributed by atoms with van der Waals surface area (Å²) in [6.45, 7) is 0. The van der Waals surface area contributed by atoms with E-state index in [1.165, 1.54) is 11.8 Å². The summed E-state index contributed by atoms with van der Waals surface area (Å²) in [4.78, 5) is 0. The van der Waals surface area contributed by atoms with Gasteiger partial charge in [-0.2, -0.15) is 0 Å². The third-order valence-corrected chi connectivity index (χ3v) is 4.35. The Hall–Kier alpha value is -1.69. The van der Waals surface area contributed by atoms with Crippen LogP contribution in [-0.2, 0) is 6.42 Å². The van der Waals surface area contributed by atoms with E-state index in [1.54, 1.807) is 12.1 Å². The standard InChI is InChI=1S/C16H13Cl2N3OS/c1-23-16-21-20-14(22-16)9-10-5-2-3-8-13(10)19-15-11(17)6-4-7-12(15)18/h2-8,19H,9H2,1H3. The molecule has 0 saturated carbocycles. The molecule has 0 aliphatic carbocycles. The lowest BCUT2D eigenvalue weighted by molar-refractivity contribution is 0.421. The van der Waals surface area contributed by atoms with Crippen molar-refractivity contribution in [3.63, 3.8) is 0 Å². The number of anilines is 2. The van der Waals surface area contributed by atoms with Crippen LogP contribution in [0.5, 0.6) is 0 Å². The average molecular weight is 366 g/mol. The van der Waals surface area contributed by atoms with Crippen molar-refractivity contribution in [3.8, 4) is 0 Å². The minimum atomic E-state index is 0.527. The summed E-state index contributed by atoms with van der Waals surface area (Å²) in [6, 6.07) is 13.3. The molecule has 0 amide bonds. The summed E-state index contributed by atoms with van der Waals surface area (Å²) in [5.74, 6) is 0.564. The number of nitrogens with one attached hydrogen (secondary N) is 1. The highest BCUT2D eigenvalue weighted by atomic mass is 35.5. The average Bonchev–Trinajstić information content (AvgIpc) is 3.00. The molecule has 0 aliphatic rings. The van der Waals surface area contributed by atoms with E-state index in [2.05, 4.69) is 15.5 Å². The van der Waals surface area contributed by atoms with Gasteiger partial charge in [0.1, 0.15) is 0 Å². The molecule has 4 nitrogen and oxygen atoms in total. The van der Waals surface area contributed by atoms with E-state index in [0.29, 0.717) is 33.3 Å². The van der Waals surface area contributed by atoms with Crippen molar-refractivity contribution in [2.75, 3.05) is 11.6 Å². The number of halogens is 2. The molecular weight excluding hydrogens is 353 g/mol. The van der Waals surface area contributed by atoms with Crippen LogP contribution in [0.25, 0.3) is 0 Å². The number of hydrogen-bond donors (Lipinski definition) is 1. The fourth-order valence-electron chi connectivity index (χ4n) is 2.10. The third-order valence-electron chi connectivity index (χ3n) is 3.20. The van der Waals surface area contributed by atoms with Crippen LogP contribution in [0.4, 0.5) is 11.4 Å². The zero-order valence-corrected chi connectivity index (χ0v) is 14.5. The van der Waals surface area contributed by atoms with E-state index in [-0.39, 0.29) is 0 Å². The number of benzene rings is 2. The maximum Gasteiger partial charge on any atom is 0.276 e. The molecule has 0 saturated heterocycles. The van der Waals surface area contributed by atoms with Gasteiger partial charge in [0.15, 0.2) is 0 Å². The maximum absolute atomic E-state index is 6.22. The first-order valence-corrected chi connectivity index (χ1v) is 8.80. The first kappa shape index (κ1) is 16.2. The molecule has 1 aromatic heterocycles. The second kappa shape index (κ2) is 7.25. The number of aromatic nitrogens is 2. The molecule has 0 fully saturated rings. The third kappa shape index (κ3) is 3.80. The predicted octanol–water partition coefficient (Wildman–Crippen LogP) is 5.43. The van der Waals surface area contributed by atoms with Gasteiger partial charge in [-0.1, -0.05) is 59.2 Å². The molecule has 7 heteroatoms. The lowest BCUT2D eigenvalue weighted by Gasteiger charge is -2.13. The van der Waals surface area contributed by atoms with Crippen molar-refractivity contribution in [1.82, 2.24) is 10.2 Å². The molecule has 0 bridgehead atoms. The van der Waals surface area contributed by atoms with Crippen LogP contribution in [0, 0.1) is 0 Å². The zero-order valence-electron chi connectivity index (χ0n) is 12.2. The topological polar surface area (TPSA) is 51.0 Å². The van der Waals surface area contributed by atoms with Gasteiger partial charge < -0.3 is 9.73 Å². The fourth-order valence-corrected chi connectivity index (χ4v) is 2.90. The second-order valence-electron chi connectivity index (χ2n) is 4.72. The van der Waals surface area contributed by atoms with Crippen molar-refractivity contribution in [2.45, 2.75) is 11.6 Å². The van der Waals surface area contributed by atoms with Gasteiger partial charge in [-0.15, -0.1) is 10.2 Å². The Bertz CT molecular complexity index is 802. The quantitative estimate of drug-likeness (QED) is 0.610. The van der Waals surface area contributed by atoms with Crippen LogP contribution < -0.4 is 5.32 Å². The Labute approximate surface area is 148 Å². The number of nitrogens with zero attached hydrogens (tertiary/aromatic N) is 2. The van der Waals surface area contributed by atoms with E-state index in [9.17, 15) is 0 Å². The molecule has 0 aliphatic heterocycles. The monoisotopic (exact) mass is 365 g/mol. The van der Waals surface area contributed by atoms with Crippen LogP contribution >= 0.6 is 35.0 Å². The minimum Gasteiger partial charge on any atom is -0.416 e. The summed E-state index contributed by atoms with van der Waals surface area (Å²) in [5, 5.41) is 13.0. The van der Waals surface area contributed by atoms with Gasteiger partial charge in [-0.05, 0) is 30.0 Å². The molecule has 0 atom stereocenters. The Morgan fingerprint density at radius 3 is 2.48 bits per heavy atom. The van der Waals surface area contributed by atoms with Gasteiger partial charge in [-0.3, -0.25) is 0 Å². The number of para-hydroxylation sites is 2. The normalized spacial score (nSPS) is 10.7. The molecule has 0 radical (unpaired) electrons. The van der Waals surface area contributed by atoms with Crippen LogP contribution in [0.15, 0.2) is 52.1 Å². The van der Waals surface area contributed by atoms with Crippen LogP contribution in [0.3, 0.4) is 0 Å². The van der Waals surface area contributed by atoms with E-state index in [1.807, 2.05) is 36.6 Å². The van der Waals surface area contributed by atoms with Crippen molar-refractivity contribution in [3.05, 3.63) is 64.0 Å². The van der Waals surface area contributed by atoms with Gasteiger partial charge >= 0.3 is 0 Å². The van der Waals surface area contributed by atoms with Gasteiger partial charge in [-0.25, -0.2) is 0 Å². The Kier molecular flexibility index (Phi) is 5.10. The molecule has 2 aromatic carbocycles. The van der Waals surface area contributed by atoms with E-state index < -0.39 is 0 Å². The predicted molar refractivity (Wildman–Crippen MR) is 95.1 cm³/mol. The Morgan fingerprint density at radius 1 is 1.04 bits per heavy atom. The summed E-state index contributed by atoms with van der Waals surface area (Å²) in [6.07, 6.45) is 2.42. The fraction of sp³-hybridized carbons (Fsp3) is 0.125. The van der Waals surface area contributed by atoms with E-state index in [4.69, 9.17) is 27.6 Å². The van der Waals surface area contributed by atoms with Crippen molar-refractivity contribution < 1.29 is 4.42 Å².